The van der Waals surface area contributed by atoms with Gasteiger partial charge in [-0.05, 0) is 95.9 Å². The van der Waals surface area contributed by atoms with E-state index in [1.165, 1.54) is 23.2 Å². The molecule has 0 saturated heterocycles. The highest BCUT2D eigenvalue weighted by Crippen LogP contribution is 2.33. The lowest BCUT2D eigenvalue weighted by Crippen LogP contribution is -2.52. The standard InChI is InChI=1S/C29H39BrF3N3O6S/c1-26(2,3)22(37)40-16-19(17-10-12-18(13-11-17)29(31,32)33)20(35-24(38)41-27(4,5)6)15-36(23-34-14-21(30)43-23)25(39)42-28(7,8)9/h10-14,19-20H,15-16H2,1-9H3,(H,35,38)/t19-,20+/m1/s1. The molecule has 1 heterocycles. The van der Waals surface area contributed by atoms with Crippen LogP contribution >= 0.6 is 27.3 Å². The van der Waals surface area contributed by atoms with E-state index in [0.717, 1.165) is 23.5 Å². The van der Waals surface area contributed by atoms with Crippen LogP contribution in [0.5, 0.6) is 0 Å². The molecule has 2 rings (SSSR count). The van der Waals surface area contributed by atoms with E-state index in [1.54, 1.807) is 62.3 Å². The van der Waals surface area contributed by atoms with Crippen LogP contribution < -0.4 is 10.2 Å². The number of amides is 2. The summed E-state index contributed by atoms with van der Waals surface area (Å²) in [6, 6.07) is 3.26. The number of alkyl halides is 3. The van der Waals surface area contributed by atoms with Gasteiger partial charge in [0.1, 0.15) is 17.8 Å². The molecule has 0 fully saturated rings. The molecule has 1 aromatic heterocycles. The third kappa shape index (κ3) is 12.0. The van der Waals surface area contributed by atoms with Crippen molar-refractivity contribution in [3.63, 3.8) is 0 Å². The third-order valence-electron chi connectivity index (χ3n) is 5.55. The Morgan fingerprint density at radius 1 is 0.953 bits per heavy atom. The second-order valence-electron chi connectivity index (χ2n) is 12.9. The number of alkyl carbamates (subject to hydrolysis) is 1. The van der Waals surface area contributed by atoms with Gasteiger partial charge in [-0.2, -0.15) is 13.2 Å². The predicted molar refractivity (Wildman–Crippen MR) is 161 cm³/mol. The fourth-order valence-corrected chi connectivity index (χ4v) is 4.77. The Morgan fingerprint density at radius 3 is 1.95 bits per heavy atom. The Balaban J connectivity index is 2.65. The molecule has 2 aromatic rings. The van der Waals surface area contributed by atoms with Crippen LogP contribution in [0.15, 0.2) is 34.2 Å². The van der Waals surface area contributed by atoms with Crippen LogP contribution in [-0.2, 0) is 25.2 Å². The van der Waals surface area contributed by atoms with Crippen molar-refractivity contribution in [1.29, 1.82) is 0 Å². The zero-order valence-corrected chi connectivity index (χ0v) is 28.1. The van der Waals surface area contributed by atoms with Crippen LogP contribution in [0.2, 0.25) is 0 Å². The van der Waals surface area contributed by atoms with E-state index in [-0.39, 0.29) is 18.3 Å². The molecule has 1 aromatic carbocycles. The van der Waals surface area contributed by atoms with Gasteiger partial charge in [-0.1, -0.05) is 23.5 Å². The largest absolute Gasteiger partial charge is 0.465 e. The number of benzene rings is 1. The van der Waals surface area contributed by atoms with Crippen LogP contribution in [0.25, 0.3) is 0 Å². The third-order valence-corrected chi connectivity index (χ3v) is 7.05. The highest BCUT2D eigenvalue weighted by atomic mass is 79.9. The van der Waals surface area contributed by atoms with Gasteiger partial charge in [-0.3, -0.25) is 9.69 Å². The number of aromatic nitrogens is 1. The molecule has 0 bridgehead atoms. The summed E-state index contributed by atoms with van der Waals surface area (Å²) in [5.74, 6) is -1.48. The maximum Gasteiger partial charge on any atom is 0.416 e. The van der Waals surface area contributed by atoms with Crippen molar-refractivity contribution >= 4 is 50.6 Å². The first-order valence-corrected chi connectivity index (χ1v) is 15.0. The molecule has 0 radical (unpaired) electrons. The predicted octanol–water partition coefficient (Wildman–Crippen LogP) is 7.93. The molecule has 1 N–H and O–H groups in total. The second-order valence-corrected chi connectivity index (χ2v) is 15.3. The number of rotatable bonds is 8. The summed E-state index contributed by atoms with van der Waals surface area (Å²) in [6.45, 7) is 14.5. The molecule has 0 aliphatic heterocycles. The fourth-order valence-electron chi connectivity index (χ4n) is 3.59. The van der Waals surface area contributed by atoms with Crippen LogP contribution in [0, 0.1) is 5.41 Å². The highest BCUT2D eigenvalue weighted by molar-refractivity contribution is 9.11. The van der Waals surface area contributed by atoms with Crippen LogP contribution in [0.4, 0.5) is 27.9 Å². The highest BCUT2D eigenvalue weighted by Gasteiger charge is 2.36. The maximum absolute atomic E-state index is 13.4. The van der Waals surface area contributed by atoms with Crippen molar-refractivity contribution in [1.82, 2.24) is 10.3 Å². The molecule has 0 aliphatic rings. The summed E-state index contributed by atoms with van der Waals surface area (Å²) in [6.07, 6.45) is -4.71. The molecular formula is C29H39BrF3N3O6S. The van der Waals surface area contributed by atoms with E-state index in [4.69, 9.17) is 14.2 Å². The monoisotopic (exact) mass is 693 g/mol. The van der Waals surface area contributed by atoms with E-state index < -0.39 is 58.5 Å². The number of thiazole rings is 1. The van der Waals surface area contributed by atoms with Crippen LogP contribution in [0.3, 0.4) is 0 Å². The molecule has 0 unspecified atom stereocenters. The Bertz CT molecular complexity index is 1260. The summed E-state index contributed by atoms with van der Waals surface area (Å²) < 4.78 is 57.4. The van der Waals surface area contributed by atoms with E-state index in [2.05, 4.69) is 26.2 Å². The smallest absolute Gasteiger partial charge is 0.416 e. The molecule has 2 amide bonds. The average Bonchev–Trinajstić information content (AvgIpc) is 3.24. The van der Waals surface area contributed by atoms with E-state index in [9.17, 15) is 27.6 Å². The zero-order chi connectivity index (χ0) is 33.0. The van der Waals surface area contributed by atoms with Crippen molar-refractivity contribution in [2.45, 2.75) is 91.7 Å². The second kappa shape index (κ2) is 13.8. The average molecular weight is 695 g/mol. The molecule has 9 nitrogen and oxygen atoms in total. The van der Waals surface area contributed by atoms with Crippen LogP contribution in [-0.4, -0.2) is 53.5 Å². The van der Waals surface area contributed by atoms with Crippen molar-refractivity contribution in [2.75, 3.05) is 18.1 Å². The van der Waals surface area contributed by atoms with Gasteiger partial charge in [0.15, 0.2) is 5.13 Å². The number of ether oxygens (including phenoxy) is 3. The molecular weight excluding hydrogens is 655 g/mol. The number of esters is 1. The lowest BCUT2D eigenvalue weighted by molar-refractivity contribution is -0.153. The lowest BCUT2D eigenvalue weighted by Gasteiger charge is -2.34. The first kappa shape index (κ1) is 36.3. The number of halogens is 4. The minimum Gasteiger partial charge on any atom is -0.465 e. The number of hydrogen-bond donors (Lipinski definition) is 1. The summed E-state index contributed by atoms with van der Waals surface area (Å²) >= 11 is 4.47. The minimum absolute atomic E-state index is 0.231. The van der Waals surface area contributed by atoms with Gasteiger partial charge < -0.3 is 19.5 Å². The SMILES string of the molecule is CC(C)(C)OC(=O)N[C@@H](CN(C(=O)OC(C)(C)C)c1ncc(Br)s1)[C@H](COC(=O)C(C)(C)C)c1ccc(C(F)(F)F)cc1. The van der Waals surface area contributed by atoms with Crippen molar-refractivity contribution in [2.24, 2.45) is 5.41 Å². The molecule has 43 heavy (non-hydrogen) atoms. The first-order chi connectivity index (χ1) is 19.5. The summed E-state index contributed by atoms with van der Waals surface area (Å²) in [5, 5.41) is 2.98. The van der Waals surface area contributed by atoms with Gasteiger partial charge >= 0.3 is 24.3 Å². The molecule has 240 valence electrons. The Morgan fingerprint density at radius 2 is 1.51 bits per heavy atom. The van der Waals surface area contributed by atoms with Crippen molar-refractivity contribution in [3.05, 3.63) is 45.4 Å². The Labute approximate surface area is 262 Å². The topological polar surface area (TPSA) is 107 Å². The molecule has 0 spiro atoms. The maximum atomic E-state index is 13.4. The number of nitrogens with zero attached hydrogens (tertiary/aromatic N) is 2. The number of carbonyl (C=O) groups is 3. The van der Waals surface area contributed by atoms with E-state index in [0.29, 0.717) is 9.35 Å². The zero-order valence-electron chi connectivity index (χ0n) is 25.7. The molecule has 0 aliphatic carbocycles. The summed E-state index contributed by atoms with van der Waals surface area (Å²) in [7, 11) is 0. The number of anilines is 1. The van der Waals surface area contributed by atoms with Gasteiger partial charge in [-0.15, -0.1) is 0 Å². The van der Waals surface area contributed by atoms with Crippen LogP contribution in [0.1, 0.15) is 79.4 Å². The van der Waals surface area contributed by atoms with E-state index >= 15 is 0 Å². The summed E-state index contributed by atoms with van der Waals surface area (Å²) in [5.41, 5.74) is -3.20. The van der Waals surface area contributed by atoms with Gasteiger partial charge in [0.2, 0.25) is 0 Å². The number of nitrogens with one attached hydrogen (secondary N) is 1. The minimum atomic E-state index is -4.58. The Hall–Kier alpha value is -2.87. The Kier molecular flexibility index (Phi) is 11.7. The van der Waals surface area contributed by atoms with E-state index in [1.807, 2.05) is 0 Å². The van der Waals surface area contributed by atoms with Crippen molar-refractivity contribution in [3.8, 4) is 0 Å². The number of carbonyl (C=O) groups excluding carboxylic acids is 3. The number of hydrogen-bond acceptors (Lipinski definition) is 8. The normalized spacial score (nSPS) is 14.0. The summed E-state index contributed by atoms with van der Waals surface area (Å²) in [4.78, 5) is 44.7. The van der Waals surface area contributed by atoms with Gasteiger partial charge in [0.05, 0.1) is 33.5 Å². The van der Waals surface area contributed by atoms with Gasteiger partial charge in [0.25, 0.3) is 0 Å². The molecule has 2 atom stereocenters. The lowest BCUT2D eigenvalue weighted by atomic mass is 9.90. The quantitative estimate of drug-likeness (QED) is 0.221. The van der Waals surface area contributed by atoms with Crippen molar-refractivity contribution < 1.29 is 41.8 Å². The molecule has 0 saturated carbocycles. The van der Waals surface area contributed by atoms with Gasteiger partial charge in [0, 0.05) is 5.92 Å². The van der Waals surface area contributed by atoms with Gasteiger partial charge in [-0.25, -0.2) is 14.6 Å². The molecule has 14 heteroatoms. The fraction of sp³-hybridized carbons (Fsp3) is 0.586. The first-order valence-electron chi connectivity index (χ1n) is 13.4.